The van der Waals surface area contributed by atoms with E-state index in [0.29, 0.717) is 22.6 Å². The normalized spacial score (nSPS) is 12.7. The van der Waals surface area contributed by atoms with E-state index in [0.717, 1.165) is 11.1 Å². The zero-order chi connectivity index (χ0) is 34.2. The Bertz CT molecular complexity index is 1550. The van der Waals surface area contributed by atoms with Gasteiger partial charge in [0.15, 0.2) is 0 Å². The lowest BCUT2D eigenvalue weighted by molar-refractivity contribution is -0.150. The zero-order valence-corrected chi connectivity index (χ0v) is 27.6. The van der Waals surface area contributed by atoms with Gasteiger partial charge in [-0.1, -0.05) is 66.7 Å². The number of aryl methyl sites for hydroxylation is 1. The highest BCUT2D eigenvalue weighted by atomic mass is 31.2. The average molecular weight is 667 g/mol. The summed E-state index contributed by atoms with van der Waals surface area (Å²) in [4.78, 5) is 48.2. The fourth-order valence-electron chi connectivity index (χ4n) is 4.15. The van der Waals surface area contributed by atoms with Crippen molar-refractivity contribution < 1.29 is 51.7 Å². The zero-order valence-electron chi connectivity index (χ0n) is 26.7. The summed E-state index contributed by atoms with van der Waals surface area (Å²) in [6, 6.07) is 20.3. The Kier molecular flexibility index (Phi) is 14.6. The van der Waals surface area contributed by atoms with E-state index in [2.05, 4.69) is 6.58 Å². The molecule has 47 heavy (non-hydrogen) atoms. The van der Waals surface area contributed by atoms with Crippen molar-refractivity contribution in [1.82, 2.24) is 0 Å². The van der Waals surface area contributed by atoms with Crippen molar-refractivity contribution in [1.29, 1.82) is 0 Å². The minimum atomic E-state index is -4.01. The monoisotopic (exact) mass is 666 g/mol. The molecule has 0 heterocycles. The predicted molar refractivity (Wildman–Crippen MR) is 172 cm³/mol. The van der Waals surface area contributed by atoms with Crippen LogP contribution < -0.4 is 9.47 Å². The molecule has 3 aromatic rings. The van der Waals surface area contributed by atoms with Crippen molar-refractivity contribution in [3.05, 3.63) is 108 Å². The van der Waals surface area contributed by atoms with E-state index in [1.807, 2.05) is 31.2 Å². The highest BCUT2D eigenvalue weighted by Gasteiger charge is 2.35. The number of esters is 4. The molecule has 12 heteroatoms. The van der Waals surface area contributed by atoms with E-state index in [4.69, 9.17) is 28.0 Å². The molecule has 0 amide bonds. The molecule has 250 valence electrons. The topological polar surface area (TPSA) is 141 Å². The molecule has 11 nitrogen and oxygen atoms in total. The average Bonchev–Trinajstić information content (AvgIpc) is 3.04. The summed E-state index contributed by atoms with van der Waals surface area (Å²) in [5.74, 6) is -2.57. The van der Waals surface area contributed by atoms with Crippen LogP contribution in [0.3, 0.4) is 0 Å². The smallest absolute Gasteiger partial charge is 0.332 e. The lowest BCUT2D eigenvalue weighted by Crippen LogP contribution is -2.24. The van der Waals surface area contributed by atoms with Crippen LogP contribution in [0.4, 0.5) is 0 Å². The summed E-state index contributed by atoms with van der Waals surface area (Å²) in [5.41, 5.74) is 3.02. The number of rotatable bonds is 18. The van der Waals surface area contributed by atoms with Gasteiger partial charge in [0.05, 0.1) is 25.3 Å². The molecule has 0 aromatic heterocycles. The number of carbonyl (C=O) groups is 4. The van der Waals surface area contributed by atoms with E-state index >= 15 is 0 Å². The quantitative estimate of drug-likeness (QED) is 0.0624. The summed E-state index contributed by atoms with van der Waals surface area (Å²) >= 11 is 0. The van der Waals surface area contributed by atoms with Gasteiger partial charge in [0, 0.05) is 20.3 Å². The fourth-order valence-corrected chi connectivity index (χ4v) is 6.00. The minimum Gasteiger partial charge on any atom is -0.461 e. The van der Waals surface area contributed by atoms with Gasteiger partial charge in [-0.15, -0.1) is 0 Å². The van der Waals surface area contributed by atoms with E-state index in [1.54, 1.807) is 48.5 Å². The lowest BCUT2D eigenvalue weighted by atomic mass is 10.1. The van der Waals surface area contributed by atoms with Crippen molar-refractivity contribution in [2.45, 2.75) is 53.4 Å². The summed E-state index contributed by atoms with van der Waals surface area (Å²) in [5, 5.41) is 0. The third kappa shape index (κ3) is 13.8. The third-order valence-electron chi connectivity index (χ3n) is 6.56. The van der Waals surface area contributed by atoms with Gasteiger partial charge in [0.2, 0.25) is 0 Å². The van der Waals surface area contributed by atoms with Crippen molar-refractivity contribution in [2.75, 3.05) is 12.8 Å². The van der Waals surface area contributed by atoms with Crippen LogP contribution in [0.1, 0.15) is 48.9 Å². The van der Waals surface area contributed by atoms with E-state index in [1.165, 1.54) is 19.9 Å². The van der Waals surface area contributed by atoms with Gasteiger partial charge in [-0.25, -0.2) is 0 Å². The standard InChI is InChI=1S/C35H39O11P/c1-5-20-41-34(38)19-14-31(35(39)42-21-28-10-15-32(16-11-28)45-26(3)36)24-47(40,43-22-29-8-6-25(2)7-9-29)44-23-30-12-17-33(18-13-30)46-27(4)37/h5-13,15-18,31H,1,14,19-24H2,2-4H3. The van der Waals surface area contributed by atoms with Crippen LogP contribution in [0.25, 0.3) is 0 Å². The Morgan fingerprint density at radius 3 is 1.66 bits per heavy atom. The molecule has 3 aromatic carbocycles. The first-order valence-corrected chi connectivity index (χ1v) is 16.6. The van der Waals surface area contributed by atoms with Gasteiger partial charge < -0.3 is 28.0 Å². The molecule has 3 rings (SSSR count). The summed E-state index contributed by atoms with van der Waals surface area (Å²) in [7, 11) is -4.01. The fraction of sp³-hybridized carbons (Fsp3) is 0.314. The first-order chi connectivity index (χ1) is 22.4. The van der Waals surface area contributed by atoms with Crippen LogP contribution in [-0.4, -0.2) is 36.6 Å². The molecule has 0 bridgehead atoms. The highest BCUT2D eigenvalue weighted by Crippen LogP contribution is 2.52. The van der Waals surface area contributed by atoms with Crippen LogP contribution in [0.2, 0.25) is 0 Å². The van der Waals surface area contributed by atoms with Gasteiger partial charge in [-0.05, 0) is 54.3 Å². The molecule has 0 aliphatic rings. The Hall–Kier alpha value is -4.57. The second-order valence-electron chi connectivity index (χ2n) is 10.6. The van der Waals surface area contributed by atoms with Gasteiger partial charge in [0.1, 0.15) is 24.7 Å². The first-order valence-electron chi connectivity index (χ1n) is 14.9. The molecule has 2 atom stereocenters. The maximum Gasteiger partial charge on any atom is 0.332 e. The van der Waals surface area contributed by atoms with E-state index in [-0.39, 0.29) is 45.4 Å². The van der Waals surface area contributed by atoms with Crippen LogP contribution in [-0.2, 0) is 62.1 Å². The van der Waals surface area contributed by atoms with Gasteiger partial charge in [-0.3, -0.25) is 23.7 Å². The predicted octanol–water partition coefficient (Wildman–Crippen LogP) is 6.64. The molecule has 0 radical (unpaired) electrons. The van der Waals surface area contributed by atoms with Crippen LogP contribution in [0, 0.1) is 12.8 Å². The molecule has 0 saturated heterocycles. The number of carbonyl (C=O) groups excluding carboxylic acids is 4. The summed E-state index contributed by atoms with van der Waals surface area (Å²) in [6.07, 6.45) is 0.859. The van der Waals surface area contributed by atoms with Crippen molar-refractivity contribution in [2.24, 2.45) is 5.92 Å². The second kappa shape index (κ2) is 18.5. The maximum atomic E-state index is 14.3. The highest BCUT2D eigenvalue weighted by molar-refractivity contribution is 7.53. The molecule has 0 N–H and O–H groups in total. The minimum absolute atomic E-state index is 0.00873. The number of hydrogen-bond acceptors (Lipinski definition) is 11. The Morgan fingerprint density at radius 2 is 1.19 bits per heavy atom. The molecular weight excluding hydrogens is 627 g/mol. The number of hydrogen-bond donors (Lipinski definition) is 0. The maximum absolute atomic E-state index is 14.3. The molecule has 0 spiro atoms. The SMILES string of the molecule is C=CCOC(=O)CCC(CP(=O)(OCc1ccc(C)cc1)OCc1ccc(OC(C)=O)cc1)C(=O)OCc1ccc(OC(C)=O)cc1. The molecule has 0 fully saturated rings. The van der Waals surface area contributed by atoms with Gasteiger partial charge >= 0.3 is 31.5 Å². The van der Waals surface area contributed by atoms with Crippen molar-refractivity contribution in [3.8, 4) is 11.5 Å². The number of ether oxygens (including phenoxy) is 4. The summed E-state index contributed by atoms with van der Waals surface area (Å²) in [6.45, 7) is 7.74. The largest absolute Gasteiger partial charge is 0.461 e. The van der Waals surface area contributed by atoms with E-state index in [9.17, 15) is 23.7 Å². The Labute approximate surface area is 274 Å². The Morgan fingerprint density at radius 1 is 0.723 bits per heavy atom. The van der Waals surface area contributed by atoms with Crippen molar-refractivity contribution >= 4 is 31.5 Å². The van der Waals surface area contributed by atoms with E-state index < -0.39 is 37.4 Å². The van der Waals surface area contributed by atoms with Gasteiger partial charge in [-0.2, -0.15) is 0 Å². The van der Waals surface area contributed by atoms with Gasteiger partial charge in [0.25, 0.3) is 0 Å². The van der Waals surface area contributed by atoms with Crippen molar-refractivity contribution in [3.63, 3.8) is 0 Å². The molecule has 0 saturated carbocycles. The van der Waals surface area contributed by atoms with Crippen LogP contribution >= 0.6 is 7.60 Å². The number of benzene rings is 3. The van der Waals surface area contributed by atoms with Crippen LogP contribution in [0.5, 0.6) is 11.5 Å². The lowest BCUT2D eigenvalue weighted by Gasteiger charge is -2.23. The third-order valence-corrected chi connectivity index (χ3v) is 8.50. The first kappa shape index (κ1) is 36.9. The molecule has 0 aliphatic carbocycles. The molecule has 2 unspecified atom stereocenters. The summed E-state index contributed by atoms with van der Waals surface area (Å²) < 4.78 is 46.8. The second-order valence-corrected chi connectivity index (χ2v) is 12.7. The Balaban J connectivity index is 1.79. The molecular formula is C35H39O11P. The van der Waals surface area contributed by atoms with Crippen LogP contribution in [0.15, 0.2) is 85.5 Å². The molecule has 0 aliphatic heterocycles.